The molecule has 1 aromatic carbocycles. The molecule has 0 aliphatic carbocycles. The fraction of sp³-hybridized carbons (Fsp3) is 0.611. The molecule has 1 aliphatic rings. The molecular formula is C18H26F3N3O. The fourth-order valence-corrected chi connectivity index (χ4v) is 2.93. The molecule has 0 radical (unpaired) electrons. The van der Waals surface area contributed by atoms with Gasteiger partial charge in [0.25, 0.3) is 0 Å². The Morgan fingerprint density at radius 1 is 1.24 bits per heavy atom. The highest BCUT2D eigenvalue weighted by Crippen LogP contribution is 2.30. The third kappa shape index (κ3) is 6.66. The minimum absolute atomic E-state index is 0.0623. The number of alkyl halides is 3. The third-order valence-electron chi connectivity index (χ3n) is 4.48. The van der Waals surface area contributed by atoms with E-state index in [0.29, 0.717) is 6.54 Å². The van der Waals surface area contributed by atoms with E-state index in [1.165, 1.54) is 12.1 Å². The van der Waals surface area contributed by atoms with Crippen LogP contribution in [-0.2, 0) is 11.0 Å². The number of hydrogen-bond donors (Lipinski definition) is 2. The molecule has 1 aliphatic heterocycles. The Bertz CT molecular complexity index is 539. The van der Waals surface area contributed by atoms with Crippen LogP contribution in [0.2, 0.25) is 0 Å². The van der Waals surface area contributed by atoms with Gasteiger partial charge in [0.2, 0.25) is 5.91 Å². The average Bonchev–Trinajstić information content (AvgIpc) is 2.59. The second-order valence-corrected chi connectivity index (χ2v) is 6.52. The minimum Gasteiger partial charge on any atom is -0.356 e. The van der Waals surface area contributed by atoms with Gasteiger partial charge in [-0.2, -0.15) is 13.2 Å². The summed E-state index contributed by atoms with van der Waals surface area (Å²) in [6.07, 6.45) is -3.15. The number of piperazine rings is 1. The number of benzene rings is 1. The molecule has 140 valence electrons. The van der Waals surface area contributed by atoms with Crippen LogP contribution in [0.15, 0.2) is 24.3 Å². The van der Waals surface area contributed by atoms with Gasteiger partial charge in [0.1, 0.15) is 0 Å². The van der Waals surface area contributed by atoms with E-state index in [1.54, 1.807) is 0 Å². The number of halogens is 3. The maximum Gasteiger partial charge on any atom is 0.416 e. The third-order valence-corrected chi connectivity index (χ3v) is 4.48. The Labute approximate surface area is 146 Å². The van der Waals surface area contributed by atoms with Crippen LogP contribution in [0.4, 0.5) is 13.2 Å². The van der Waals surface area contributed by atoms with E-state index in [0.717, 1.165) is 56.8 Å². The number of hydrogen-bond acceptors (Lipinski definition) is 3. The quantitative estimate of drug-likeness (QED) is 0.738. The van der Waals surface area contributed by atoms with E-state index in [-0.39, 0.29) is 18.2 Å². The fourth-order valence-electron chi connectivity index (χ4n) is 2.93. The minimum atomic E-state index is -4.33. The molecule has 1 unspecified atom stereocenters. The molecule has 2 N–H and O–H groups in total. The molecular weight excluding hydrogens is 331 g/mol. The van der Waals surface area contributed by atoms with Gasteiger partial charge in [0, 0.05) is 39.1 Å². The largest absolute Gasteiger partial charge is 0.416 e. The molecule has 0 aromatic heterocycles. The second kappa shape index (κ2) is 9.20. The Balaban J connectivity index is 1.68. The van der Waals surface area contributed by atoms with Crippen LogP contribution >= 0.6 is 0 Å². The van der Waals surface area contributed by atoms with Gasteiger partial charge in [0.05, 0.1) is 5.56 Å². The van der Waals surface area contributed by atoms with E-state index in [4.69, 9.17) is 0 Å². The SMILES string of the molecule is CC(CC(=O)NCCCN1CCNCC1)c1ccc(C(F)(F)F)cc1. The van der Waals surface area contributed by atoms with Crippen LogP contribution in [-0.4, -0.2) is 50.1 Å². The zero-order chi connectivity index (χ0) is 18.3. The second-order valence-electron chi connectivity index (χ2n) is 6.52. The summed E-state index contributed by atoms with van der Waals surface area (Å²) >= 11 is 0. The molecule has 1 saturated heterocycles. The number of carbonyl (C=O) groups excluding carboxylic acids is 1. The number of amides is 1. The summed E-state index contributed by atoms with van der Waals surface area (Å²) in [5.41, 5.74) is 0.0739. The van der Waals surface area contributed by atoms with Gasteiger partial charge in [-0.15, -0.1) is 0 Å². The lowest BCUT2D eigenvalue weighted by Gasteiger charge is -2.27. The summed E-state index contributed by atoms with van der Waals surface area (Å²) in [6, 6.07) is 5.03. The molecule has 2 rings (SSSR count). The van der Waals surface area contributed by atoms with E-state index in [2.05, 4.69) is 15.5 Å². The maximum absolute atomic E-state index is 12.6. The first-order valence-electron chi connectivity index (χ1n) is 8.73. The standard InChI is InChI=1S/C18H26F3N3O/c1-14(15-3-5-16(6-4-15)18(19,20)21)13-17(25)23-7-2-10-24-11-8-22-9-12-24/h3-6,14,22H,2,7-13H2,1H3,(H,23,25). The molecule has 1 atom stereocenters. The monoisotopic (exact) mass is 357 g/mol. The van der Waals surface area contributed by atoms with Crippen molar-refractivity contribution in [1.29, 1.82) is 0 Å². The van der Waals surface area contributed by atoms with Crippen LogP contribution < -0.4 is 10.6 Å². The van der Waals surface area contributed by atoms with E-state index in [1.807, 2.05) is 6.92 Å². The summed E-state index contributed by atoms with van der Waals surface area (Å²) in [5.74, 6) is -0.178. The van der Waals surface area contributed by atoms with Gasteiger partial charge >= 0.3 is 6.18 Å². The molecule has 7 heteroatoms. The molecule has 1 heterocycles. The topological polar surface area (TPSA) is 44.4 Å². The highest BCUT2D eigenvalue weighted by atomic mass is 19.4. The molecule has 0 spiro atoms. The number of nitrogens with zero attached hydrogens (tertiary/aromatic N) is 1. The molecule has 1 fully saturated rings. The summed E-state index contributed by atoms with van der Waals surface area (Å²) in [7, 11) is 0. The first-order chi connectivity index (χ1) is 11.9. The van der Waals surface area contributed by atoms with Gasteiger partial charge < -0.3 is 15.5 Å². The predicted octanol–water partition coefficient (Wildman–Crippen LogP) is 2.61. The van der Waals surface area contributed by atoms with Crippen molar-refractivity contribution in [3.63, 3.8) is 0 Å². The van der Waals surface area contributed by atoms with Gasteiger partial charge in [-0.25, -0.2) is 0 Å². The lowest BCUT2D eigenvalue weighted by molar-refractivity contribution is -0.137. The normalized spacial score (nSPS) is 17.3. The number of rotatable bonds is 7. The lowest BCUT2D eigenvalue weighted by Crippen LogP contribution is -2.44. The molecule has 0 saturated carbocycles. The van der Waals surface area contributed by atoms with E-state index < -0.39 is 11.7 Å². The van der Waals surface area contributed by atoms with E-state index in [9.17, 15) is 18.0 Å². The maximum atomic E-state index is 12.6. The molecule has 0 bridgehead atoms. The van der Waals surface area contributed by atoms with Gasteiger partial charge in [-0.3, -0.25) is 4.79 Å². The number of carbonyl (C=O) groups is 1. The van der Waals surface area contributed by atoms with E-state index >= 15 is 0 Å². The zero-order valence-electron chi connectivity index (χ0n) is 14.5. The highest BCUT2D eigenvalue weighted by Gasteiger charge is 2.30. The summed E-state index contributed by atoms with van der Waals surface area (Å²) < 4.78 is 37.7. The lowest BCUT2D eigenvalue weighted by atomic mass is 9.96. The van der Waals surface area contributed by atoms with Gasteiger partial charge in [-0.1, -0.05) is 19.1 Å². The van der Waals surface area contributed by atoms with Crippen LogP contribution in [0.25, 0.3) is 0 Å². The predicted molar refractivity (Wildman–Crippen MR) is 91.4 cm³/mol. The first-order valence-corrected chi connectivity index (χ1v) is 8.73. The van der Waals surface area contributed by atoms with Crippen molar-refractivity contribution in [3.05, 3.63) is 35.4 Å². The smallest absolute Gasteiger partial charge is 0.356 e. The average molecular weight is 357 g/mol. The summed E-state index contributed by atoms with van der Waals surface area (Å²) in [5, 5.41) is 6.20. The van der Waals surface area contributed by atoms with Crippen molar-refractivity contribution in [2.24, 2.45) is 0 Å². The van der Waals surface area contributed by atoms with Crippen molar-refractivity contribution >= 4 is 5.91 Å². The molecule has 1 aromatic rings. The van der Waals surface area contributed by atoms with Crippen molar-refractivity contribution in [3.8, 4) is 0 Å². The Morgan fingerprint density at radius 2 is 1.88 bits per heavy atom. The molecule has 4 nitrogen and oxygen atoms in total. The van der Waals surface area contributed by atoms with Crippen molar-refractivity contribution < 1.29 is 18.0 Å². The van der Waals surface area contributed by atoms with Crippen molar-refractivity contribution in [2.75, 3.05) is 39.3 Å². The Morgan fingerprint density at radius 3 is 2.48 bits per heavy atom. The molecule has 1 amide bonds. The van der Waals surface area contributed by atoms with Gasteiger partial charge in [0.15, 0.2) is 0 Å². The molecule has 25 heavy (non-hydrogen) atoms. The Kier molecular flexibility index (Phi) is 7.25. The summed E-state index contributed by atoms with van der Waals surface area (Å²) in [4.78, 5) is 14.4. The van der Waals surface area contributed by atoms with Crippen molar-refractivity contribution in [1.82, 2.24) is 15.5 Å². The highest BCUT2D eigenvalue weighted by molar-refractivity contribution is 5.76. The van der Waals surface area contributed by atoms with Crippen LogP contribution in [0.5, 0.6) is 0 Å². The van der Waals surface area contributed by atoms with Crippen LogP contribution in [0.3, 0.4) is 0 Å². The van der Waals surface area contributed by atoms with Crippen LogP contribution in [0, 0.1) is 0 Å². The summed E-state index contributed by atoms with van der Waals surface area (Å²) in [6.45, 7) is 7.55. The van der Waals surface area contributed by atoms with Crippen molar-refractivity contribution in [2.45, 2.75) is 31.9 Å². The zero-order valence-corrected chi connectivity index (χ0v) is 14.5. The van der Waals surface area contributed by atoms with Crippen LogP contribution in [0.1, 0.15) is 36.8 Å². The Hall–Kier alpha value is -1.60. The first kappa shape index (κ1) is 19.7. The van der Waals surface area contributed by atoms with Gasteiger partial charge in [-0.05, 0) is 36.6 Å². The number of nitrogens with one attached hydrogen (secondary N) is 2.